The highest BCUT2D eigenvalue weighted by Crippen LogP contribution is 2.18. The monoisotopic (exact) mass is 317 g/mol. The molecule has 1 aliphatic rings. The molecule has 6 nitrogen and oxygen atoms in total. The molecule has 0 unspecified atom stereocenters. The summed E-state index contributed by atoms with van der Waals surface area (Å²) in [6, 6.07) is 5.77. The first-order valence-electron chi connectivity index (χ1n) is 7.45. The van der Waals surface area contributed by atoms with Crippen LogP contribution in [0.4, 0.5) is 0 Å². The Morgan fingerprint density at radius 2 is 2.09 bits per heavy atom. The molecule has 1 N–H and O–H groups in total. The fourth-order valence-corrected chi connectivity index (χ4v) is 2.98. The van der Waals surface area contributed by atoms with Crippen LogP contribution in [0.3, 0.4) is 0 Å². The van der Waals surface area contributed by atoms with Crippen molar-refractivity contribution in [2.75, 3.05) is 32.4 Å². The number of thioether (sulfide) groups is 1. The van der Waals surface area contributed by atoms with Gasteiger partial charge in [0.1, 0.15) is 5.52 Å². The zero-order valence-electron chi connectivity index (χ0n) is 12.6. The van der Waals surface area contributed by atoms with E-state index in [4.69, 9.17) is 0 Å². The number of nitrogens with one attached hydrogen (secondary N) is 1. The lowest BCUT2D eigenvalue weighted by Gasteiger charge is -2.14. The number of fused-ring (bicyclic) bond motifs is 1. The number of benzene rings is 1. The number of likely N-dealkylation sites (tertiary alicyclic amines) is 1. The summed E-state index contributed by atoms with van der Waals surface area (Å²) in [6.07, 6.45) is 4.51. The lowest BCUT2D eigenvalue weighted by atomic mass is 10.3. The summed E-state index contributed by atoms with van der Waals surface area (Å²) in [5, 5.41) is 10.9. The second kappa shape index (κ2) is 7.02. The SMILES string of the molecule is CSc1ccc2nnc(C(=O)NCCN3CCCC3)nc2c1. The third kappa shape index (κ3) is 3.53. The molecule has 116 valence electrons. The maximum absolute atomic E-state index is 12.1. The Balaban J connectivity index is 1.64. The predicted octanol–water partition coefficient (Wildman–Crippen LogP) is 1.57. The van der Waals surface area contributed by atoms with Crippen molar-refractivity contribution in [1.29, 1.82) is 0 Å². The van der Waals surface area contributed by atoms with Gasteiger partial charge in [0.25, 0.3) is 5.91 Å². The molecular weight excluding hydrogens is 298 g/mol. The van der Waals surface area contributed by atoms with Crippen LogP contribution in [0.25, 0.3) is 11.0 Å². The van der Waals surface area contributed by atoms with Gasteiger partial charge >= 0.3 is 0 Å². The number of hydrogen-bond acceptors (Lipinski definition) is 6. The Bertz CT molecular complexity index is 672. The van der Waals surface area contributed by atoms with Crippen molar-refractivity contribution in [2.24, 2.45) is 0 Å². The van der Waals surface area contributed by atoms with E-state index in [1.807, 2.05) is 24.5 Å². The molecule has 2 heterocycles. The first-order chi connectivity index (χ1) is 10.8. The van der Waals surface area contributed by atoms with Crippen LogP contribution < -0.4 is 5.32 Å². The molecule has 0 atom stereocenters. The van der Waals surface area contributed by atoms with Gasteiger partial charge in [-0.2, -0.15) is 0 Å². The third-order valence-corrected chi connectivity index (χ3v) is 4.50. The maximum Gasteiger partial charge on any atom is 0.291 e. The minimum Gasteiger partial charge on any atom is -0.348 e. The number of amides is 1. The van der Waals surface area contributed by atoms with E-state index in [2.05, 4.69) is 25.4 Å². The highest BCUT2D eigenvalue weighted by Gasteiger charge is 2.14. The molecule has 1 fully saturated rings. The zero-order valence-corrected chi connectivity index (χ0v) is 13.4. The molecule has 0 radical (unpaired) electrons. The van der Waals surface area contributed by atoms with Gasteiger partial charge in [-0.15, -0.1) is 22.0 Å². The molecule has 1 aliphatic heterocycles. The molecule has 1 aromatic heterocycles. The minimum atomic E-state index is -0.261. The van der Waals surface area contributed by atoms with Crippen LogP contribution in [-0.4, -0.2) is 58.4 Å². The summed E-state index contributed by atoms with van der Waals surface area (Å²) >= 11 is 1.63. The lowest BCUT2D eigenvalue weighted by molar-refractivity contribution is 0.0938. The van der Waals surface area contributed by atoms with Crippen molar-refractivity contribution < 1.29 is 4.79 Å². The second-order valence-electron chi connectivity index (χ2n) is 5.29. The second-order valence-corrected chi connectivity index (χ2v) is 6.17. The van der Waals surface area contributed by atoms with Crippen molar-refractivity contribution in [2.45, 2.75) is 17.7 Å². The fraction of sp³-hybridized carbons (Fsp3) is 0.467. The molecule has 1 amide bonds. The van der Waals surface area contributed by atoms with Gasteiger partial charge in [-0.25, -0.2) is 4.98 Å². The molecule has 1 aromatic carbocycles. The first kappa shape index (κ1) is 15.2. The topological polar surface area (TPSA) is 71.0 Å². The van der Waals surface area contributed by atoms with Crippen molar-refractivity contribution in [1.82, 2.24) is 25.4 Å². The number of carbonyl (C=O) groups excluding carboxylic acids is 1. The van der Waals surface area contributed by atoms with Crippen LogP contribution in [0, 0.1) is 0 Å². The van der Waals surface area contributed by atoms with Crippen molar-refractivity contribution in [3.05, 3.63) is 24.0 Å². The van der Waals surface area contributed by atoms with Crippen LogP contribution in [0.2, 0.25) is 0 Å². The standard InChI is InChI=1S/C15H19N5OS/c1-22-11-4-5-12-13(10-11)17-14(19-18-12)15(21)16-6-9-20-7-2-3-8-20/h4-5,10H,2-3,6-9H2,1H3,(H,16,21). The summed E-state index contributed by atoms with van der Waals surface area (Å²) in [4.78, 5) is 19.9. The number of nitrogens with zero attached hydrogens (tertiary/aromatic N) is 4. The van der Waals surface area contributed by atoms with E-state index in [0.717, 1.165) is 24.5 Å². The molecule has 0 spiro atoms. The number of aromatic nitrogens is 3. The largest absolute Gasteiger partial charge is 0.348 e. The van der Waals surface area contributed by atoms with Gasteiger partial charge in [0.2, 0.25) is 5.82 Å². The number of carbonyl (C=O) groups is 1. The zero-order chi connectivity index (χ0) is 15.4. The van der Waals surface area contributed by atoms with Gasteiger partial charge in [-0.05, 0) is 50.4 Å². The Kier molecular flexibility index (Phi) is 4.84. The van der Waals surface area contributed by atoms with E-state index in [0.29, 0.717) is 17.6 Å². The van der Waals surface area contributed by atoms with Crippen LogP contribution in [0.15, 0.2) is 23.1 Å². The van der Waals surface area contributed by atoms with Gasteiger partial charge in [0, 0.05) is 18.0 Å². The van der Waals surface area contributed by atoms with E-state index >= 15 is 0 Å². The number of hydrogen-bond donors (Lipinski definition) is 1. The van der Waals surface area contributed by atoms with E-state index in [1.165, 1.54) is 12.8 Å². The summed E-state index contributed by atoms with van der Waals surface area (Å²) < 4.78 is 0. The average molecular weight is 317 g/mol. The summed E-state index contributed by atoms with van der Waals surface area (Å²) in [6.45, 7) is 3.75. The quantitative estimate of drug-likeness (QED) is 0.844. The van der Waals surface area contributed by atoms with Gasteiger partial charge in [0.15, 0.2) is 0 Å². The highest BCUT2D eigenvalue weighted by atomic mass is 32.2. The molecular formula is C15H19N5OS. The van der Waals surface area contributed by atoms with Crippen LogP contribution in [0.1, 0.15) is 23.5 Å². The molecule has 22 heavy (non-hydrogen) atoms. The Morgan fingerprint density at radius 1 is 1.27 bits per heavy atom. The maximum atomic E-state index is 12.1. The summed E-state index contributed by atoms with van der Waals surface area (Å²) in [5.41, 5.74) is 1.40. The van der Waals surface area contributed by atoms with Crippen molar-refractivity contribution in [3.8, 4) is 0 Å². The van der Waals surface area contributed by atoms with Crippen molar-refractivity contribution >= 4 is 28.7 Å². The lowest BCUT2D eigenvalue weighted by Crippen LogP contribution is -2.34. The third-order valence-electron chi connectivity index (χ3n) is 3.78. The predicted molar refractivity (Wildman–Crippen MR) is 87.1 cm³/mol. The van der Waals surface area contributed by atoms with E-state index in [-0.39, 0.29) is 11.7 Å². The molecule has 3 rings (SSSR count). The Hall–Kier alpha value is -1.73. The van der Waals surface area contributed by atoms with Crippen LogP contribution in [-0.2, 0) is 0 Å². The van der Waals surface area contributed by atoms with E-state index in [9.17, 15) is 4.79 Å². The smallest absolute Gasteiger partial charge is 0.291 e. The molecule has 7 heteroatoms. The van der Waals surface area contributed by atoms with E-state index < -0.39 is 0 Å². The van der Waals surface area contributed by atoms with Gasteiger partial charge in [-0.1, -0.05) is 0 Å². The molecule has 0 bridgehead atoms. The Labute approximate surface area is 133 Å². The average Bonchev–Trinajstić information content (AvgIpc) is 3.07. The van der Waals surface area contributed by atoms with Gasteiger partial charge in [-0.3, -0.25) is 4.79 Å². The minimum absolute atomic E-state index is 0.132. The highest BCUT2D eigenvalue weighted by molar-refractivity contribution is 7.98. The molecule has 2 aromatic rings. The van der Waals surface area contributed by atoms with Crippen molar-refractivity contribution in [3.63, 3.8) is 0 Å². The number of rotatable bonds is 5. The van der Waals surface area contributed by atoms with Gasteiger partial charge in [0.05, 0.1) is 5.52 Å². The molecule has 0 saturated carbocycles. The van der Waals surface area contributed by atoms with Gasteiger partial charge < -0.3 is 10.2 Å². The normalized spacial score (nSPS) is 15.3. The Morgan fingerprint density at radius 3 is 2.86 bits per heavy atom. The fourth-order valence-electron chi connectivity index (χ4n) is 2.55. The summed E-state index contributed by atoms with van der Waals surface area (Å²) in [7, 11) is 0. The first-order valence-corrected chi connectivity index (χ1v) is 8.68. The molecule has 0 aliphatic carbocycles. The van der Waals surface area contributed by atoms with Crippen LogP contribution >= 0.6 is 11.8 Å². The van der Waals surface area contributed by atoms with E-state index in [1.54, 1.807) is 11.8 Å². The van der Waals surface area contributed by atoms with Crippen LogP contribution in [0.5, 0.6) is 0 Å². The summed E-state index contributed by atoms with van der Waals surface area (Å²) in [5.74, 6) is -0.129. The molecule has 1 saturated heterocycles.